The highest BCUT2D eigenvalue weighted by Gasteiger charge is 2.24. The number of anilines is 1. The van der Waals surface area contributed by atoms with E-state index in [1.165, 1.54) is 23.4 Å². The molecule has 1 aliphatic carbocycles. The van der Waals surface area contributed by atoms with Gasteiger partial charge in [-0.1, -0.05) is 35.9 Å². The fraction of sp³-hybridized carbons (Fsp3) is 0.259. The number of nitrogens with two attached hydrogens (primary N) is 1. The summed E-state index contributed by atoms with van der Waals surface area (Å²) in [5.41, 5.74) is 14.0. The van der Waals surface area contributed by atoms with Gasteiger partial charge in [-0.2, -0.15) is 0 Å². The Labute approximate surface area is 193 Å². The van der Waals surface area contributed by atoms with Gasteiger partial charge in [0.1, 0.15) is 11.6 Å². The molecule has 1 atom stereocenters. The maximum atomic E-state index is 13.8. The topological polar surface area (TPSA) is 38.5 Å². The van der Waals surface area contributed by atoms with Crippen LogP contribution in [0.15, 0.2) is 60.7 Å². The number of halogens is 2. The minimum atomic E-state index is -0.327. The molecule has 0 aromatic heterocycles. The Hall–Kier alpha value is -2.82. The van der Waals surface area contributed by atoms with E-state index in [-0.39, 0.29) is 11.9 Å². The number of benzene rings is 3. The number of aryl methyl sites for hydroxylation is 1. The van der Waals surface area contributed by atoms with Crippen LogP contribution in [0.25, 0.3) is 11.1 Å². The molecular weight excluding hydrogens is 423 g/mol. The molecule has 32 heavy (non-hydrogen) atoms. The largest absolute Gasteiger partial charge is 0.497 e. The molecule has 3 nitrogen and oxygen atoms in total. The van der Waals surface area contributed by atoms with Crippen LogP contribution in [0, 0.1) is 5.82 Å². The molecule has 0 radical (unpaired) electrons. The second-order valence-electron chi connectivity index (χ2n) is 8.54. The van der Waals surface area contributed by atoms with Crippen LogP contribution in [-0.4, -0.2) is 26.2 Å². The monoisotopic (exact) mass is 448 g/mol. The van der Waals surface area contributed by atoms with Crippen LogP contribution >= 0.6 is 11.6 Å². The van der Waals surface area contributed by atoms with Gasteiger partial charge in [0, 0.05) is 24.8 Å². The summed E-state index contributed by atoms with van der Waals surface area (Å²) in [5, 5.41) is 0.437. The van der Waals surface area contributed by atoms with E-state index in [0.717, 1.165) is 65.9 Å². The van der Waals surface area contributed by atoms with E-state index in [9.17, 15) is 4.39 Å². The molecule has 3 aromatic carbocycles. The number of rotatable bonds is 4. The van der Waals surface area contributed by atoms with Crippen molar-refractivity contribution in [3.63, 3.8) is 0 Å². The maximum Gasteiger partial charge on any atom is 0.124 e. The molecule has 5 heteroatoms. The van der Waals surface area contributed by atoms with E-state index in [0.29, 0.717) is 5.02 Å². The lowest BCUT2D eigenvalue weighted by Crippen LogP contribution is -2.26. The standard InChI is InChI=1S/C27H26ClFN2O/c1-32-22-9-4-17-5-10-24(23-11-6-19(29)14-26(23)28)27(25(17)15-22)18-2-7-21(8-3-18)31-13-12-20(30)16-31/h2-4,6-9,11,14-15,20H,5,10,12-13,16,30H2,1H3. The second-order valence-corrected chi connectivity index (χ2v) is 8.95. The van der Waals surface area contributed by atoms with Crippen LogP contribution in [0.4, 0.5) is 10.1 Å². The second kappa shape index (κ2) is 8.61. The van der Waals surface area contributed by atoms with Gasteiger partial charge >= 0.3 is 0 Å². The van der Waals surface area contributed by atoms with E-state index in [1.807, 2.05) is 6.07 Å². The summed E-state index contributed by atoms with van der Waals surface area (Å²) in [6.45, 7) is 1.87. The third kappa shape index (κ3) is 3.89. The molecule has 0 bridgehead atoms. The third-order valence-corrected chi connectivity index (χ3v) is 6.85. The summed E-state index contributed by atoms with van der Waals surface area (Å²) in [7, 11) is 1.68. The Morgan fingerprint density at radius 3 is 2.50 bits per heavy atom. The number of hydrogen-bond acceptors (Lipinski definition) is 3. The van der Waals surface area contributed by atoms with Gasteiger partial charge in [-0.15, -0.1) is 0 Å². The van der Waals surface area contributed by atoms with Crippen molar-refractivity contribution in [3.05, 3.63) is 93.8 Å². The molecule has 1 saturated heterocycles. The molecule has 0 spiro atoms. The highest BCUT2D eigenvalue weighted by atomic mass is 35.5. The molecule has 2 aliphatic rings. The number of methoxy groups -OCH3 is 1. The van der Waals surface area contributed by atoms with Crippen LogP contribution in [-0.2, 0) is 6.42 Å². The van der Waals surface area contributed by atoms with Crippen molar-refractivity contribution in [3.8, 4) is 5.75 Å². The van der Waals surface area contributed by atoms with Gasteiger partial charge in [-0.25, -0.2) is 4.39 Å². The van der Waals surface area contributed by atoms with Gasteiger partial charge in [0.25, 0.3) is 0 Å². The van der Waals surface area contributed by atoms with E-state index >= 15 is 0 Å². The van der Waals surface area contributed by atoms with Crippen molar-refractivity contribution in [2.75, 3.05) is 25.1 Å². The van der Waals surface area contributed by atoms with Crippen molar-refractivity contribution in [2.24, 2.45) is 5.73 Å². The van der Waals surface area contributed by atoms with Crippen LogP contribution in [0.1, 0.15) is 35.1 Å². The summed E-state index contributed by atoms with van der Waals surface area (Å²) in [5.74, 6) is 0.488. The van der Waals surface area contributed by atoms with Gasteiger partial charge in [-0.05, 0) is 89.1 Å². The van der Waals surface area contributed by atoms with Crippen molar-refractivity contribution in [1.29, 1.82) is 0 Å². The summed E-state index contributed by atoms with van der Waals surface area (Å²) < 4.78 is 19.3. The van der Waals surface area contributed by atoms with Gasteiger partial charge in [0.15, 0.2) is 0 Å². The molecule has 1 unspecified atom stereocenters. The molecule has 164 valence electrons. The molecule has 3 aromatic rings. The average Bonchev–Trinajstić information content (AvgIpc) is 3.24. The van der Waals surface area contributed by atoms with Crippen molar-refractivity contribution >= 4 is 28.4 Å². The number of ether oxygens (including phenoxy) is 1. The Morgan fingerprint density at radius 1 is 1.00 bits per heavy atom. The van der Waals surface area contributed by atoms with E-state index in [2.05, 4.69) is 41.3 Å². The molecule has 0 saturated carbocycles. The summed E-state index contributed by atoms with van der Waals surface area (Å²) in [4.78, 5) is 2.33. The first-order valence-corrected chi connectivity index (χ1v) is 11.4. The number of allylic oxidation sites excluding steroid dienone is 1. The Bertz CT molecular complexity index is 1190. The van der Waals surface area contributed by atoms with Gasteiger partial charge in [0.05, 0.1) is 12.1 Å². The Morgan fingerprint density at radius 2 is 1.81 bits per heavy atom. The zero-order valence-electron chi connectivity index (χ0n) is 18.1. The summed E-state index contributed by atoms with van der Waals surface area (Å²) >= 11 is 6.51. The minimum absolute atomic E-state index is 0.238. The highest BCUT2D eigenvalue weighted by Crippen LogP contribution is 2.44. The van der Waals surface area contributed by atoms with Crippen molar-refractivity contribution < 1.29 is 9.13 Å². The SMILES string of the molecule is COc1ccc2c(c1)C(c1ccc(N3CCC(N)C3)cc1)=C(c1ccc(F)cc1Cl)CC2. The Kier molecular flexibility index (Phi) is 5.66. The lowest BCUT2D eigenvalue weighted by atomic mass is 9.79. The lowest BCUT2D eigenvalue weighted by Gasteiger charge is -2.26. The van der Waals surface area contributed by atoms with Gasteiger partial charge in [-0.3, -0.25) is 0 Å². The third-order valence-electron chi connectivity index (χ3n) is 6.53. The summed E-state index contributed by atoms with van der Waals surface area (Å²) in [6, 6.07) is 19.8. The zero-order chi connectivity index (χ0) is 22.2. The van der Waals surface area contributed by atoms with Crippen LogP contribution < -0.4 is 15.4 Å². The normalized spacial score (nSPS) is 18.1. The van der Waals surface area contributed by atoms with Gasteiger partial charge in [0.2, 0.25) is 0 Å². The highest BCUT2D eigenvalue weighted by molar-refractivity contribution is 6.32. The maximum absolute atomic E-state index is 13.8. The van der Waals surface area contributed by atoms with E-state index in [4.69, 9.17) is 22.1 Å². The smallest absolute Gasteiger partial charge is 0.124 e. The predicted octanol–water partition coefficient (Wildman–Crippen LogP) is 5.93. The molecule has 1 fully saturated rings. The number of nitrogens with zero attached hydrogens (tertiary/aromatic N) is 1. The van der Waals surface area contributed by atoms with Crippen LogP contribution in [0.2, 0.25) is 5.02 Å². The fourth-order valence-corrected chi connectivity index (χ4v) is 5.16. The molecule has 1 aliphatic heterocycles. The average molecular weight is 449 g/mol. The molecule has 0 amide bonds. The predicted molar refractivity (Wildman–Crippen MR) is 130 cm³/mol. The molecule has 5 rings (SSSR count). The van der Waals surface area contributed by atoms with Crippen LogP contribution in [0.5, 0.6) is 5.75 Å². The molecular formula is C27H26ClFN2O. The quantitative estimate of drug-likeness (QED) is 0.537. The summed E-state index contributed by atoms with van der Waals surface area (Å²) in [6.07, 6.45) is 2.76. The van der Waals surface area contributed by atoms with Crippen molar-refractivity contribution in [1.82, 2.24) is 0 Å². The zero-order valence-corrected chi connectivity index (χ0v) is 18.8. The molecule has 2 N–H and O–H groups in total. The minimum Gasteiger partial charge on any atom is -0.497 e. The Balaban J connectivity index is 1.66. The van der Waals surface area contributed by atoms with Crippen LogP contribution in [0.3, 0.4) is 0 Å². The van der Waals surface area contributed by atoms with Gasteiger partial charge < -0.3 is 15.4 Å². The first-order valence-electron chi connectivity index (χ1n) is 11.0. The number of fused-ring (bicyclic) bond motifs is 1. The molecule has 1 heterocycles. The lowest BCUT2D eigenvalue weighted by molar-refractivity contribution is 0.414. The van der Waals surface area contributed by atoms with Crippen molar-refractivity contribution in [2.45, 2.75) is 25.3 Å². The first kappa shape index (κ1) is 21.0. The van der Waals surface area contributed by atoms with E-state index < -0.39 is 0 Å². The first-order chi connectivity index (χ1) is 15.5. The number of hydrogen-bond donors (Lipinski definition) is 1. The van der Waals surface area contributed by atoms with E-state index in [1.54, 1.807) is 13.2 Å². The fourth-order valence-electron chi connectivity index (χ4n) is 4.87.